The molecule has 0 aliphatic rings. The van der Waals surface area contributed by atoms with Crippen LogP contribution in [0.4, 0.5) is 4.79 Å². The Labute approximate surface area is 102 Å². The van der Waals surface area contributed by atoms with Crippen molar-refractivity contribution in [3.63, 3.8) is 0 Å². The largest absolute Gasteiger partial charge is 0.480 e. The third-order valence-electron chi connectivity index (χ3n) is 2.61. The van der Waals surface area contributed by atoms with Crippen molar-refractivity contribution in [1.82, 2.24) is 10.2 Å². The number of rotatable bonds is 6. The van der Waals surface area contributed by atoms with Crippen LogP contribution in [0.1, 0.15) is 27.2 Å². The molecule has 0 aromatic carbocycles. The molecule has 0 rings (SSSR count). The number of nitrogens with one attached hydrogen (secondary N) is 1. The van der Waals surface area contributed by atoms with Crippen LogP contribution >= 0.6 is 0 Å². The third kappa shape index (κ3) is 5.38. The number of likely N-dealkylation sites (N-methyl/N-ethyl adjacent to an activating group) is 1. The Bertz CT molecular complexity index is 302. The number of carbonyl (C=O) groups excluding carboxylic acids is 1. The Hall–Kier alpha value is -1.52. The molecule has 2 atom stereocenters. The minimum absolute atomic E-state index is 0.102. The monoisotopic (exact) mass is 242 g/mol. The van der Waals surface area contributed by atoms with E-state index in [1.807, 2.05) is 13.8 Å². The van der Waals surface area contributed by atoms with Gasteiger partial charge >= 0.3 is 12.0 Å². The molecule has 0 aromatic rings. The van der Waals surface area contributed by atoms with Crippen LogP contribution < -0.4 is 5.32 Å². The summed E-state index contributed by atoms with van der Waals surface area (Å²) in [4.78, 5) is 24.2. The van der Waals surface area contributed by atoms with Gasteiger partial charge < -0.3 is 15.3 Å². The quantitative estimate of drug-likeness (QED) is 0.696. The SMILES string of the molecule is C=C(C)CN(C)C(=O)N[C@H](C(=O)O)C(C)CC. The fourth-order valence-corrected chi connectivity index (χ4v) is 1.40. The van der Waals surface area contributed by atoms with Gasteiger partial charge in [0.15, 0.2) is 0 Å². The number of carboxylic acids is 1. The lowest BCUT2D eigenvalue weighted by Gasteiger charge is -2.24. The summed E-state index contributed by atoms with van der Waals surface area (Å²) in [6.45, 7) is 9.63. The van der Waals surface area contributed by atoms with Gasteiger partial charge in [-0.3, -0.25) is 0 Å². The van der Waals surface area contributed by atoms with Gasteiger partial charge in [-0.15, -0.1) is 0 Å². The zero-order chi connectivity index (χ0) is 13.6. The summed E-state index contributed by atoms with van der Waals surface area (Å²) in [7, 11) is 1.61. The van der Waals surface area contributed by atoms with Gasteiger partial charge in [0.1, 0.15) is 6.04 Å². The lowest BCUT2D eigenvalue weighted by molar-refractivity contribution is -0.140. The molecule has 0 aliphatic carbocycles. The second kappa shape index (κ2) is 6.93. The normalized spacial score (nSPS) is 13.6. The molecule has 2 N–H and O–H groups in total. The second-order valence-electron chi connectivity index (χ2n) is 4.46. The molecule has 0 radical (unpaired) electrons. The van der Waals surface area contributed by atoms with E-state index in [2.05, 4.69) is 11.9 Å². The van der Waals surface area contributed by atoms with Crippen LogP contribution in [0.2, 0.25) is 0 Å². The number of hydrogen-bond donors (Lipinski definition) is 2. The molecular formula is C12H22N2O3. The number of aliphatic carboxylic acids is 1. The van der Waals surface area contributed by atoms with Gasteiger partial charge in [-0.25, -0.2) is 9.59 Å². The summed E-state index contributed by atoms with van der Waals surface area (Å²) >= 11 is 0. The molecule has 1 unspecified atom stereocenters. The van der Waals surface area contributed by atoms with Crippen molar-refractivity contribution in [3.05, 3.63) is 12.2 Å². The van der Waals surface area contributed by atoms with Crippen LogP contribution in [0.3, 0.4) is 0 Å². The molecule has 0 spiro atoms. The van der Waals surface area contributed by atoms with Gasteiger partial charge in [0.25, 0.3) is 0 Å². The highest BCUT2D eigenvalue weighted by molar-refractivity contribution is 5.82. The Balaban J connectivity index is 4.50. The van der Waals surface area contributed by atoms with E-state index in [1.165, 1.54) is 4.90 Å². The number of hydrogen-bond acceptors (Lipinski definition) is 2. The Morgan fingerprint density at radius 3 is 2.35 bits per heavy atom. The number of urea groups is 1. The van der Waals surface area contributed by atoms with Crippen molar-refractivity contribution in [2.24, 2.45) is 5.92 Å². The average molecular weight is 242 g/mol. The van der Waals surface area contributed by atoms with Crippen molar-refractivity contribution in [2.45, 2.75) is 33.2 Å². The molecule has 0 aromatic heterocycles. The maximum absolute atomic E-state index is 11.7. The first-order valence-electron chi connectivity index (χ1n) is 5.68. The summed E-state index contributed by atoms with van der Waals surface area (Å²) < 4.78 is 0. The van der Waals surface area contributed by atoms with Crippen LogP contribution in [0.5, 0.6) is 0 Å². The van der Waals surface area contributed by atoms with Gasteiger partial charge in [-0.2, -0.15) is 0 Å². The van der Waals surface area contributed by atoms with Gasteiger partial charge in [-0.1, -0.05) is 32.4 Å². The van der Waals surface area contributed by atoms with Crippen LogP contribution in [0.25, 0.3) is 0 Å². The fraction of sp³-hybridized carbons (Fsp3) is 0.667. The summed E-state index contributed by atoms with van der Waals surface area (Å²) in [6.07, 6.45) is 0.696. The predicted molar refractivity (Wildman–Crippen MR) is 66.9 cm³/mol. The first-order valence-corrected chi connectivity index (χ1v) is 5.68. The summed E-state index contributed by atoms with van der Waals surface area (Å²) in [6, 6.07) is -1.24. The van der Waals surface area contributed by atoms with Crippen molar-refractivity contribution >= 4 is 12.0 Å². The molecule has 98 valence electrons. The Kier molecular flexibility index (Phi) is 6.31. The minimum atomic E-state index is -1.00. The van der Waals surface area contributed by atoms with Crippen molar-refractivity contribution in [3.8, 4) is 0 Å². The molecule has 2 amide bonds. The van der Waals surface area contributed by atoms with E-state index in [1.54, 1.807) is 14.0 Å². The highest BCUT2D eigenvalue weighted by atomic mass is 16.4. The van der Waals surface area contributed by atoms with Gasteiger partial charge in [0.2, 0.25) is 0 Å². The molecule has 0 heterocycles. The molecule has 0 saturated carbocycles. The molecule has 17 heavy (non-hydrogen) atoms. The van der Waals surface area contributed by atoms with E-state index < -0.39 is 12.0 Å². The maximum atomic E-state index is 11.7. The smallest absolute Gasteiger partial charge is 0.326 e. The van der Waals surface area contributed by atoms with E-state index in [0.717, 1.165) is 5.57 Å². The van der Waals surface area contributed by atoms with Gasteiger partial charge in [0.05, 0.1) is 0 Å². The summed E-state index contributed by atoms with van der Waals surface area (Å²) in [5.74, 6) is -1.11. The first-order chi connectivity index (χ1) is 7.79. The van der Waals surface area contributed by atoms with E-state index in [4.69, 9.17) is 5.11 Å². The number of carboxylic acid groups (broad SMARTS) is 1. The topological polar surface area (TPSA) is 69.6 Å². The van der Waals surface area contributed by atoms with E-state index >= 15 is 0 Å². The average Bonchev–Trinajstić information content (AvgIpc) is 2.22. The molecule has 0 aliphatic heterocycles. The highest BCUT2D eigenvalue weighted by Gasteiger charge is 2.26. The predicted octanol–water partition coefficient (Wildman–Crippen LogP) is 1.70. The van der Waals surface area contributed by atoms with E-state index in [-0.39, 0.29) is 11.9 Å². The highest BCUT2D eigenvalue weighted by Crippen LogP contribution is 2.08. The third-order valence-corrected chi connectivity index (χ3v) is 2.61. The number of nitrogens with zero attached hydrogens (tertiary/aromatic N) is 1. The molecule has 5 heteroatoms. The number of amides is 2. The lowest BCUT2D eigenvalue weighted by atomic mass is 9.99. The van der Waals surface area contributed by atoms with Crippen molar-refractivity contribution < 1.29 is 14.7 Å². The Morgan fingerprint density at radius 2 is 2.00 bits per heavy atom. The second-order valence-corrected chi connectivity index (χ2v) is 4.46. The molecular weight excluding hydrogens is 220 g/mol. The van der Waals surface area contributed by atoms with Crippen LogP contribution in [0, 0.1) is 5.92 Å². The Morgan fingerprint density at radius 1 is 1.47 bits per heavy atom. The van der Waals surface area contributed by atoms with E-state index in [9.17, 15) is 9.59 Å². The molecule has 5 nitrogen and oxygen atoms in total. The van der Waals surface area contributed by atoms with Crippen molar-refractivity contribution in [1.29, 1.82) is 0 Å². The van der Waals surface area contributed by atoms with Crippen LogP contribution in [-0.2, 0) is 4.79 Å². The first kappa shape index (κ1) is 15.5. The van der Waals surface area contributed by atoms with Gasteiger partial charge in [-0.05, 0) is 12.8 Å². The van der Waals surface area contributed by atoms with E-state index in [0.29, 0.717) is 13.0 Å². The molecule has 0 bridgehead atoms. The zero-order valence-electron chi connectivity index (χ0n) is 11.0. The standard InChI is InChI=1S/C12H22N2O3/c1-6-9(4)10(11(15)16)13-12(17)14(5)7-8(2)3/h9-10H,2,6-7H2,1,3-5H3,(H,13,17)(H,15,16)/t9?,10-/m0/s1. The van der Waals surface area contributed by atoms with Gasteiger partial charge in [0, 0.05) is 13.6 Å². The minimum Gasteiger partial charge on any atom is -0.480 e. The lowest BCUT2D eigenvalue weighted by Crippen LogP contribution is -2.49. The fourth-order valence-electron chi connectivity index (χ4n) is 1.40. The van der Waals surface area contributed by atoms with Crippen LogP contribution in [0.15, 0.2) is 12.2 Å². The zero-order valence-corrected chi connectivity index (χ0v) is 11.0. The summed E-state index contributed by atoms with van der Waals surface area (Å²) in [5.41, 5.74) is 0.845. The maximum Gasteiger partial charge on any atom is 0.326 e. The molecule has 0 saturated heterocycles. The molecule has 0 fully saturated rings. The summed E-state index contributed by atoms with van der Waals surface area (Å²) in [5, 5.41) is 11.6. The van der Waals surface area contributed by atoms with Crippen LogP contribution in [-0.4, -0.2) is 41.6 Å². The number of carbonyl (C=O) groups is 2. The van der Waals surface area contributed by atoms with Crippen molar-refractivity contribution in [2.75, 3.05) is 13.6 Å².